The molecule has 0 radical (unpaired) electrons. The van der Waals surface area contributed by atoms with Gasteiger partial charge in [-0.25, -0.2) is 0 Å². The van der Waals surface area contributed by atoms with Crippen molar-refractivity contribution in [3.05, 3.63) is 0 Å². The van der Waals surface area contributed by atoms with Crippen molar-refractivity contribution in [2.45, 2.75) is 65.0 Å². The van der Waals surface area contributed by atoms with Crippen molar-refractivity contribution < 1.29 is 0 Å². The first-order valence-electron chi connectivity index (χ1n) is 7.45. The van der Waals surface area contributed by atoms with Gasteiger partial charge in [-0.3, -0.25) is 4.90 Å². The first kappa shape index (κ1) is 13.4. The van der Waals surface area contributed by atoms with Gasteiger partial charge in [0, 0.05) is 18.1 Å². The van der Waals surface area contributed by atoms with Crippen LogP contribution in [0.3, 0.4) is 0 Å². The van der Waals surface area contributed by atoms with E-state index < -0.39 is 0 Å². The summed E-state index contributed by atoms with van der Waals surface area (Å²) < 4.78 is 0. The summed E-state index contributed by atoms with van der Waals surface area (Å²) in [4.78, 5) is 2.77. The van der Waals surface area contributed by atoms with Gasteiger partial charge in [-0.2, -0.15) is 0 Å². The van der Waals surface area contributed by atoms with Crippen LogP contribution in [0.4, 0.5) is 0 Å². The Morgan fingerprint density at radius 3 is 2.53 bits per heavy atom. The zero-order valence-electron chi connectivity index (χ0n) is 12.1. The van der Waals surface area contributed by atoms with Crippen LogP contribution in [0.25, 0.3) is 0 Å². The number of hydrogen-bond donors (Lipinski definition) is 1. The third-order valence-corrected chi connectivity index (χ3v) is 4.52. The Morgan fingerprint density at radius 2 is 1.94 bits per heavy atom. The van der Waals surface area contributed by atoms with Gasteiger partial charge in [0.25, 0.3) is 0 Å². The van der Waals surface area contributed by atoms with E-state index in [0.29, 0.717) is 0 Å². The van der Waals surface area contributed by atoms with Gasteiger partial charge in [-0.15, -0.1) is 0 Å². The van der Waals surface area contributed by atoms with Crippen LogP contribution in [0.1, 0.15) is 53.4 Å². The predicted molar refractivity (Wildman–Crippen MR) is 74.2 cm³/mol. The maximum atomic E-state index is 3.66. The van der Waals surface area contributed by atoms with Crippen LogP contribution in [-0.4, -0.2) is 36.1 Å². The molecule has 3 unspecified atom stereocenters. The van der Waals surface area contributed by atoms with Crippen LogP contribution in [0.2, 0.25) is 0 Å². The molecule has 2 fully saturated rings. The lowest BCUT2D eigenvalue weighted by atomic mass is 10.0. The Kier molecular flexibility index (Phi) is 4.14. The van der Waals surface area contributed by atoms with Crippen molar-refractivity contribution in [2.75, 3.05) is 19.6 Å². The Bertz CT molecular complexity index is 244. The molecule has 17 heavy (non-hydrogen) atoms. The minimum absolute atomic E-state index is 0.272. The highest BCUT2D eigenvalue weighted by molar-refractivity contribution is 4.89. The molecule has 1 N–H and O–H groups in total. The van der Waals surface area contributed by atoms with E-state index in [1.54, 1.807) is 0 Å². The number of likely N-dealkylation sites (tertiary alicyclic amines) is 1. The van der Waals surface area contributed by atoms with Crippen molar-refractivity contribution in [3.63, 3.8) is 0 Å². The highest BCUT2D eigenvalue weighted by Crippen LogP contribution is 2.32. The molecule has 1 saturated carbocycles. The van der Waals surface area contributed by atoms with Crippen LogP contribution >= 0.6 is 0 Å². The summed E-state index contributed by atoms with van der Waals surface area (Å²) in [5.74, 6) is 1.81. The summed E-state index contributed by atoms with van der Waals surface area (Å²) in [6.07, 6.45) is 5.74. The van der Waals surface area contributed by atoms with Gasteiger partial charge in [-0.1, -0.05) is 13.3 Å². The van der Waals surface area contributed by atoms with E-state index in [9.17, 15) is 0 Å². The minimum Gasteiger partial charge on any atom is -0.312 e. The van der Waals surface area contributed by atoms with Crippen molar-refractivity contribution in [1.82, 2.24) is 10.2 Å². The molecule has 1 aliphatic carbocycles. The second-order valence-corrected chi connectivity index (χ2v) is 7.26. The molecule has 3 atom stereocenters. The zero-order chi connectivity index (χ0) is 12.5. The van der Waals surface area contributed by atoms with Crippen LogP contribution in [0, 0.1) is 11.8 Å². The van der Waals surface area contributed by atoms with Crippen LogP contribution in [0.15, 0.2) is 0 Å². The molecular weight excluding hydrogens is 208 g/mol. The molecule has 0 spiro atoms. The van der Waals surface area contributed by atoms with Gasteiger partial charge in [0.1, 0.15) is 0 Å². The van der Waals surface area contributed by atoms with E-state index in [1.165, 1.54) is 45.3 Å². The van der Waals surface area contributed by atoms with Crippen molar-refractivity contribution in [1.29, 1.82) is 0 Å². The zero-order valence-corrected chi connectivity index (χ0v) is 12.1. The van der Waals surface area contributed by atoms with Crippen molar-refractivity contribution in [2.24, 2.45) is 11.8 Å². The summed E-state index contributed by atoms with van der Waals surface area (Å²) in [6.45, 7) is 13.1. The van der Waals surface area contributed by atoms with Crippen molar-refractivity contribution >= 4 is 0 Å². The molecule has 1 heterocycles. The molecule has 0 aromatic heterocycles. The van der Waals surface area contributed by atoms with Gasteiger partial charge in [0.15, 0.2) is 0 Å². The molecule has 2 rings (SSSR count). The number of nitrogens with zero attached hydrogens (tertiary/aromatic N) is 1. The average molecular weight is 238 g/mol. The third kappa shape index (κ3) is 3.69. The lowest BCUT2D eigenvalue weighted by molar-refractivity contribution is 0.197. The van der Waals surface area contributed by atoms with Crippen LogP contribution < -0.4 is 5.32 Å². The average Bonchev–Trinajstić information content (AvgIpc) is 2.81. The van der Waals surface area contributed by atoms with Crippen molar-refractivity contribution in [3.8, 4) is 0 Å². The van der Waals surface area contributed by atoms with Crippen LogP contribution in [0.5, 0.6) is 0 Å². The van der Waals surface area contributed by atoms with Gasteiger partial charge < -0.3 is 5.32 Å². The maximum absolute atomic E-state index is 3.66. The molecule has 1 saturated heterocycles. The van der Waals surface area contributed by atoms with E-state index in [0.717, 1.165) is 17.9 Å². The van der Waals surface area contributed by atoms with Gasteiger partial charge >= 0.3 is 0 Å². The van der Waals surface area contributed by atoms with Gasteiger partial charge in [0.2, 0.25) is 0 Å². The quantitative estimate of drug-likeness (QED) is 0.813. The highest BCUT2D eigenvalue weighted by atomic mass is 15.2. The minimum atomic E-state index is 0.272. The summed E-state index contributed by atoms with van der Waals surface area (Å²) in [5, 5.41) is 3.66. The fraction of sp³-hybridized carbons (Fsp3) is 1.00. The molecule has 100 valence electrons. The lowest BCUT2D eigenvalue weighted by Gasteiger charge is -2.28. The molecule has 0 aromatic carbocycles. The van der Waals surface area contributed by atoms with Gasteiger partial charge in [-0.05, 0) is 65.0 Å². The standard InChI is InChI=1S/C15H30N2/c1-12-6-5-7-14(12)17-9-8-13(11-17)10-16-15(2,3)4/h12-14,16H,5-11H2,1-4H3. The summed E-state index contributed by atoms with van der Waals surface area (Å²) in [6, 6.07) is 0.898. The summed E-state index contributed by atoms with van der Waals surface area (Å²) in [5.41, 5.74) is 0.272. The lowest BCUT2D eigenvalue weighted by Crippen LogP contribution is -2.40. The highest BCUT2D eigenvalue weighted by Gasteiger charge is 2.33. The largest absolute Gasteiger partial charge is 0.312 e. The topological polar surface area (TPSA) is 15.3 Å². The molecular formula is C15H30N2. The molecule has 0 amide bonds. The first-order valence-corrected chi connectivity index (χ1v) is 7.45. The predicted octanol–water partition coefficient (Wildman–Crippen LogP) is 2.89. The molecule has 0 bridgehead atoms. The second kappa shape index (κ2) is 5.27. The van der Waals surface area contributed by atoms with Gasteiger partial charge in [0.05, 0.1) is 0 Å². The number of hydrogen-bond acceptors (Lipinski definition) is 2. The molecule has 2 heteroatoms. The van der Waals surface area contributed by atoms with E-state index in [4.69, 9.17) is 0 Å². The third-order valence-electron chi connectivity index (χ3n) is 4.52. The van der Waals surface area contributed by atoms with E-state index in [2.05, 4.69) is 37.9 Å². The smallest absolute Gasteiger partial charge is 0.0121 e. The number of rotatable bonds is 3. The Labute approximate surface area is 107 Å². The SMILES string of the molecule is CC1CCCC1N1CCC(CNC(C)(C)C)C1. The Hall–Kier alpha value is -0.0800. The number of nitrogens with one attached hydrogen (secondary N) is 1. The second-order valence-electron chi connectivity index (χ2n) is 7.26. The summed E-state index contributed by atoms with van der Waals surface area (Å²) >= 11 is 0. The van der Waals surface area contributed by atoms with E-state index in [1.807, 2.05) is 0 Å². The molecule has 0 aromatic rings. The summed E-state index contributed by atoms with van der Waals surface area (Å²) in [7, 11) is 0. The monoisotopic (exact) mass is 238 g/mol. The first-order chi connectivity index (χ1) is 7.96. The van der Waals surface area contributed by atoms with Crippen LogP contribution in [-0.2, 0) is 0 Å². The Balaban J connectivity index is 1.75. The molecule has 1 aliphatic heterocycles. The molecule has 2 aliphatic rings. The fourth-order valence-corrected chi connectivity index (χ4v) is 3.45. The van der Waals surface area contributed by atoms with E-state index >= 15 is 0 Å². The maximum Gasteiger partial charge on any atom is 0.0121 e. The fourth-order valence-electron chi connectivity index (χ4n) is 3.45. The van der Waals surface area contributed by atoms with E-state index in [-0.39, 0.29) is 5.54 Å². The molecule has 2 nitrogen and oxygen atoms in total. The Morgan fingerprint density at radius 1 is 1.18 bits per heavy atom. The normalized spacial score (nSPS) is 35.6.